The second-order valence-corrected chi connectivity index (χ2v) is 4.81. The van der Waals surface area contributed by atoms with Crippen LogP contribution in [-0.2, 0) is 4.79 Å². The van der Waals surface area contributed by atoms with Crippen molar-refractivity contribution in [3.05, 3.63) is 40.0 Å². The van der Waals surface area contributed by atoms with Gasteiger partial charge in [0.2, 0.25) is 0 Å². The van der Waals surface area contributed by atoms with Gasteiger partial charge >= 0.3 is 0 Å². The van der Waals surface area contributed by atoms with Crippen molar-refractivity contribution in [1.29, 1.82) is 0 Å². The first kappa shape index (κ1) is 15.2. The van der Waals surface area contributed by atoms with Crippen LogP contribution in [0.4, 0.5) is 5.69 Å². The SMILES string of the molecule is CCOc1ccc([N+](=O)[O-])cc1C=CCSC(C)=O. The number of rotatable bonds is 6. The molecule has 0 fully saturated rings. The molecule has 0 amide bonds. The summed E-state index contributed by atoms with van der Waals surface area (Å²) in [6.45, 7) is 3.83. The van der Waals surface area contributed by atoms with Gasteiger partial charge in [0.05, 0.1) is 11.5 Å². The topological polar surface area (TPSA) is 69.4 Å². The molecular weight excluding hydrogens is 266 g/mol. The number of nitro benzene ring substituents is 1. The number of thioether (sulfide) groups is 1. The maximum atomic E-state index is 10.8. The quantitative estimate of drug-likeness (QED) is 0.591. The molecule has 5 nitrogen and oxygen atoms in total. The molecule has 1 rings (SSSR count). The van der Waals surface area contributed by atoms with Crippen molar-refractivity contribution in [2.75, 3.05) is 12.4 Å². The van der Waals surface area contributed by atoms with Gasteiger partial charge in [-0.2, -0.15) is 0 Å². The Balaban J connectivity index is 2.90. The summed E-state index contributed by atoms with van der Waals surface area (Å²) < 4.78 is 5.40. The average molecular weight is 281 g/mol. The number of hydrogen-bond acceptors (Lipinski definition) is 5. The Morgan fingerprint density at radius 2 is 2.26 bits per heavy atom. The van der Waals surface area contributed by atoms with Crippen LogP contribution in [0.25, 0.3) is 6.08 Å². The van der Waals surface area contributed by atoms with Crippen LogP contribution in [0.2, 0.25) is 0 Å². The maximum absolute atomic E-state index is 10.8. The Labute approximate surface area is 115 Å². The van der Waals surface area contributed by atoms with E-state index in [0.29, 0.717) is 23.7 Å². The van der Waals surface area contributed by atoms with Crippen LogP contribution in [0, 0.1) is 10.1 Å². The number of ether oxygens (including phenoxy) is 1. The number of nitro groups is 1. The minimum Gasteiger partial charge on any atom is -0.493 e. The highest BCUT2D eigenvalue weighted by Gasteiger charge is 2.09. The highest BCUT2D eigenvalue weighted by atomic mass is 32.2. The zero-order valence-corrected chi connectivity index (χ0v) is 11.6. The molecule has 1 aromatic rings. The summed E-state index contributed by atoms with van der Waals surface area (Å²) in [6, 6.07) is 4.45. The van der Waals surface area contributed by atoms with Crippen molar-refractivity contribution in [3.63, 3.8) is 0 Å². The number of non-ortho nitro benzene ring substituents is 1. The molecule has 0 N–H and O–H groups in total. The summed E-state index contributed by atoms with van der Waals surface area (Å²) in [5.74, 6) is 1.13. The normalized spacial score (nSPS) is 10.6. The predicted molar refractivity (Wildman–Crippen MR) is 76.4 cm³/mol. The van der Waals surface area contributed by atoms with Gasteiger partial charge in [0.25, 0.3) is 5.69 Å². The maximum Gasteiger partial charge on any atom is 0.270 e. The molecule has 102 valence electrons. The van der Waals surface area contributed by atoms with Gasteiger partial charge in [-0.05, 0) is 13.0 Å². The van der Waals surface area contributed by atoms with Crippen LogP contribution in [-0.4, -0.2) is 22.4 Å². The Kier molecular flexibility index (Phi) is 6.08. The lowest BCUT2D eigenvalue weighted by molar-refractivity contribution is -0.384. The van der Waals surface area contributed by atoms with Gasteiger partial charge in [-0.25, -0.2) is 0 Å². The first-order chi connectivity index (χ1) is 9.04. The molecule has 0 radical (unpaired) electrons. The van der Waals surface area contributed by atoms with Crippen molar-refractivity contribution >= 4 is 28.6 Å². The zero-order valence-electron chi connectivity index (χ0n) is 10.8. The number of benzene rings is 1. The monoisotopic (exact) mass is 281 g/mol. The second kappa shape index (κ2) is 7.58. The molecule has 0 heterocycles. The minimum atomic E-state index is -0.447. The van der Waals surface area contributed by atoms with Gasteiger partial charge in [-0.1, -0.05) is 23.9 Å². The summed E-state index contributed by atoms with van der Waals surface area (Å²) >= 11 is 1.18. The van der Waals surface area contributed by atoms with E-state index in [0.717, 1.165) is 0 Å². The Hall–Kier alpha value is -1.82. The van der Waals surface area contributed by atoms with Crippen molar-refractivity contribution in [3.8, 4) is 5.75 Å². The summed E-state index contributed by atoms with van der Waals surface area (Å²) in [5.41, 5.74) is 0.655. The van der Waals surface area contributed by atoms with Gasteiger partial charge in [0, 0.05) is 30.4 Å². The molecule has 19 heavy (non-hydrogen) atoms. The Bertz CT molecular complexity index is 499. The fourth-order valence-electron chi connectivity index (χ4n) is 1.41. The van der Waals surface area contributed by atoms with Crippen LogP contribution in [0.5, 0.6) is 5.75 Å². The molecule has 0 saturated heterocycles. The van der Waals surface area contributed by atoms with E-state index in [2.05, 4.69) is 0 Å². The summed E-state index contributed by atoms with van der Waals surface area (Å²) in [4.78, 5) is 21.1. The van der Waals surface area contributed by atoms with E-state index in [4.69, 9.17) is 4.74 Å². The fraction of sp³-hybridized carbons (Fsp3) is 0.308. The van der Waals surface area contributed by atoms with E-state index in [1.54, 1.807) is 18.2 Å². The van der Waals surface area contributed by atoms with Gasteiger partial charge in [0.1, 0.15) is 5.75 Å². The third-order valence-electron chi connectivity index (χ3n) is 2.18. The average Bonchev–Trinajstić information content (AvgIpc) is 2.36. The molecule has 0 aliphatic rings. The highest BCUT2D eigenvalue weighted by molar-refractivity contribution is 8.13. The molecule has 0 atom stereocenters. The van der Waals surface area contributed by atoms with E-state index in [1.165, 1.54) is 30.8 Å². The Morgan fingerprint density at radius 1 is 1.53 bits per heavy atom. The third kappa shape index (κ3) is 5.13. The van der Waals surface area contributed by atoms with Gasteiger partial charge < -0.3 is 4.74 Å². The molecule has 6 heteroatoms. The molecule has 0 aromatic heterocycles. The van der Waals surface area contributed by atoms with E-state index >= 15 is 0 Å². The molecule has 0 aliphatic carbocycles. The van der Waals surface area contributed by atoms with Gasteiger partial charge in [-0.3, -0.25) is 14.9 Å². The molecule has 0 aliphatic heterocycles. The van der Waals surface area contributed by atoms with Crippen molar-refractivity contribution in [2.24, 2.45) is 0 Å². The third-order valence-corrected chi connectivity index (χ3v) is 2.95. The van der Waals surface area contributed by atoms with Crippen molar-refractivity contribution < 1.29 is 14.5 Å². The molecule has 0 bridgehead atoms. The standard InChI is InChI=1S/C13H15NO4S/c1-3-18-13-7-6-12(14(16)17)9-11(13)5-4-8-19-10(2)15/h4-7,9H,3,8H2,1-2H3. The van der Waals surface area contributed by atoms with Crippen molar-refractivity contribution in [2.45, 2.75) is 13.8 Å². The van der Waals surface area contributed by atoms with E-state index in [9.17, 15) is 14.9 Å². The van der Waals surface area contributed by atoms with Crippen LogP contribution < -0.4 is 4.74 Å². The fourth-order valence-corrected chi connectivity index (χ4v) is 1.83. The lowest BCUT2D eigenvalue weighted by Gasteiger charge is -2.06. The smallest absolute Gasteiger partial charge is 0.270 e. The highest BCUT2D eigenvalue weighted by Crippen LogP contribution is 2.25. The number of carbonyl (C=O) groups excluding carboxylic acids is 1. The summed E-state index contributed by atoms with van der Waals surface area (Å²) in [7, 11) is 0. The number of carbonyl (C=O) groups is 1. The van der Waals surface area contributed by atoms with E-state index in [1.807, 2.05) is 6.92 Å². The first-order valence-corrected chi connectivity index (χ1v) is 6.74. The van der Waals surface area contributed by atoms with Crippen LogP contribution in [0.1, 0.15) is 19.4 Å². The van der Waals surface area contributed by atoms with Crippen LogP contribution in [0.15, 0.2) is 24.3 Å². The molecule has 1 aromatic carbocycles. The van der Waals surface area contributed by atoms with E-state index in [-0.39, 0.29) is 10.8 Å². The second-order valence-electron chi connectivity index (χ2n) is 3.62. The first-order valence-electron chi connectivity index (χ1n) is 5.75. The number of nitrogens with zero attached hydrogens (tertiary/aromatic N) is 1. The minimum absolute atomic E-state index is 0.0160. The number of hydrogen-bond donors (Lipinski definition) is 0. The zero-order chi connectivity index (χ0) is 14.3. The van der Waals surface area contributed by atoms with Crippen LogP contribution in [0.3, 0.4) is 0 Å². The molecular formula is C13H15NO4S. The Morgan fingerprint density at radius 3 is 2.84 bits per heavy atom. The summed E-state index contributed by atoms with van der Waals surface area (Å²) in [5, 5.41) is 10.8. The lowest BCUT2D eigenvalue weighted by Crippen LogP contribution is -1.95. The molecule has 0 saturated carbocycles. The van der Waals surface area contributed by atoms with Crippen molar-refractivity contribution in [1.82, 2.24) is 0 Å². The molecule has 0 unspecified atom stereocenters. The van der Waals surface area contributed by atoms with Crippen LogP contribution >= 0.6 is 11.8 Å². The summed E-state index contributed by atoms with van der Waals surface area (Å²) in [6.07, 6.45) is 3.52. The lowest BCUT2D eigenvalue weighted by atomic mass is 10.1. The van der Waals surface area contributed by atoms with Gasteiger partial charge in [0.15, 0.2) is 5.12 Å². The van der Waals surface area contributed by atoms with E-state index < -0.39 is 4.92 Å². The largest absolute Gasteiger partial charge is 0.493 e. The molecule has 0 spiro atoms. The predicted octanol–water partition coefficient (Wildman–Crippen LogP) is 3.29. The van der Waals surface area contributed by atoms with Gasteiger partial charge in [-0.15, -0.1) is 0 Å².